The molecule has 0 aliphatic carbocycles. The molecule has 0 amide bonds. The molecule has 3 aliphatic heterocycles. The lowest BCUT2D eigenvalue weighted by atomic mass is 10.6. The largest absolute Gasteiger partial charge is 0.482 e. The summed E-state index contributed by atoms with van der Waals surface area (Å²) in [6.45, 7) is 12.0. The fourth-order valence-electron chi connectivity index (χ4n) is 4.31. The van der Waals surface area contributed by atoms with Crippen LogP contribution in [0, 0.1) is 0 Å². The number of hydrogen-bond donors (Lipinski definition) is 0. The molecule has 3 saturated heterocycles. The van der Waals surface area contributed by atoms with Crippen LogP contribution in [0.1, 0.15) is 6.42 Å². The van der Waals surface area contributed by atoms with E-state index >= 15 is 0 Å². The van der Waals surface area contributed by atoms with Crippen LogP contribution in [0.15, 0.2) is 0 Å². The van der Waals surface area contributed by atoms with E-state index in [1.54, 1.807) is 45.8 Å². The van der Waals surface area contributed by atoms with Crippen LogP contribution in [0.4, 0.5) is 0 Å². The predicted molar refractivity (Wildman–Crippen MR) is 146 cm³/mol. The molecule has 0 radical (unpaired) electrons. The Kier molecular flexibility index (Phi) is 10.0. The third-order valence-corrected chi connectivity index (χ3v) is 38.9. The first-order valence-corrected chi connectivity index (χ1v) is 29.7. The first-order chi connectivity index (χ1) is 16.9. The third kappa shape index (κ3) is 7.65. The lowest BCUT2D eigenvalue weighted by Gasteiger charge is -2.54. The van der Waals surface area contributed by atoms with E-state index in [-0.39, 0.29) is 0 Å². The van der Waals surface area contributed by atoms with Crippen LogP contribution in [0.5, 0.6) is 0 Å². The Bertz CT molecular complexity index is 833. The van der Waals surface area contributed by atoms with E-state index in [1.165, 1.54) is 28.4 Å². The van der Waals surface area contributed by atoms with Gasteiger partial charge < -0.3 is 58.9 Å². The van der Waals surface area contributed by atoms with Crippen molar-refractivity contribution in [2.75, 3.05) is 34.3 Å². The van der Waals surface area contributed by atoms with Gasteiger partial charge in [-0.2, -0.15) is 0 Å². The highest BCUT2D eigenvalue weighted by Crippen LogP contribution is 2.43. The molecule has 218 valence electrons. The Hall–Kier alpha value is 1.47. The average molecular weight is 692 g/mol. The lowest BCUT2D eigenvalue weighted by Crippen LogP contribution is -2.80. The van der Waals surface area contributed by atoms with Crippen LogP contribution in [-0.2, 0) is 58.9 Å². The lowest BCUT2D eigenvalue weighted by molar-refractivity contribution is 0.0127. The van der Waals surface area contributed by atoms with Crippen molar-refractivity contribution in [1.29, 1.82) is 0 Å². The number of alkyl halides is 1. The van der Waals surface area contributed by atoms with Crippen LogP contribution in [0.2, 0.25) is 51.9 Å². The fourth-order valence-corrected chi connectivity index (χ4v) is 43.5. The maximum atomic E-state index is 6.77. The van der Waals surface area contributed by atoms with Crippen molar-refractivity contribution in [2.24, 2.45) is 0 Å². The van der Waals surface area contributed by atoms with Gasteiger partial charge in [0, 0.05) is 86.2 Å². The zero-order valence-electron chi connectivity index (χ0n) is 23.2. The highest BCUT2D eigenvalue weighted by molar-refractivity contribution is 6.97. The van der Waals surface area contributed by atoms with Crippen LogP contribution in [0.3, 0.4) is 0 Å². The summed E-state index contributed by atoms with van der Waals surface area (Å²) >= 11 is 6.11. The minimum Gasteiger partial charge on any atom is -0.378 e. The number of rotatable bonds is 7. The summed E-state index contributed by atoms with van der Waals surface area (Å²) in [5.74, 6) is 0.336. The van der Waals surface area contributed by atoms with E-state index in [4.69, 9.17) is 70.5 Å². The first kappa shape index (κ1) is 33.0. The normalized spacial score (nSPS) is 51.2. The Morgan fingerprint density at radius 3 is 1.11 bits per heavy atom. The summed E-state index contributed by atoms with van der Waals surface area (Å²) < 4.78 is 88.5. The van der Waals surface area contributed by atoms with Crippen LogP contribution in [-0.4, -0.2) is 105 Å². The summed E-state index contributed by atoms with van der Waals surface area (Å²) in [4.78, 5) is 0. The second-order valence-electron chi connectivity index (χ2n) is 9.35. The van der Waals surface area contributed by atoms with Crippen LogP contribution < -0.4 is 0 Å². The zero-order valence-corrected chi connectivity index (χ0v) is 32.0. The minimum atomic E-state index is -3.79. The molecule has 0 spiro atoms. The van der Waals surface area contributed by atoms with Gasteiger partial charge in [0.25, 0.3) is 0 Å². The molecule has 14 nitrogen and oxygen atoms in total. The number of hydrogen-bond acceptors (Lipinski definition) is 14. The Labute approximate surface area is 232 Å². The number of halogens is 1. The van der Waals surface area contributed by atoms with Crippen molar-refractivity contribution in [3.8, 4) is 0 Å². The molecular weight excluding hydrogens is 652 g/mol. The molecule has 4 bridgehead atoms. The van der Waals surface area contributed by atoms with Crippen molar-refractivity contribution in [1.82, 2.24) is 0 Å². The highest BCUT2D eigenvalue weighted by Gasteiger charge is 2.73. The topological polar surface area (TPSA) is 129 Å². The van der Waals surface area contributed by atoms with Gasteiger partial charge in [-0.05, 0) is 6.42 Å². The molecule has 3 heterocycles. The van der Waals surface area contributed by atoms with Crippen LogP contribution >= 0.6 is 11.6 Å². The van der Waals surface area contributed by atoms with Crippen molar-refractivity contribution in [2.45, 2.75) is 58.3 Å². The van der Waals surface area contributed by atoms with E-state index in [2.05, 4.69) is 0 Å². The monoisotopic (exact) mass is 690 g/mol. The van der Waals surface area contributed by atoms with Crippen molar-refractivity contribution >= 4 is 82.0 Å². The second-order valence-corrected chi connectivity index (χ2v) is 33.5. The fraction of sp³-hybridized carbons (Fsp3) is 1.00. The van der Waals surface area contributed by atoms with Gasteiger partial charge in [-0.15, -0.1) is 11.6 Å². The van der Waals surface area contributed by atoms with Crippen molar-refractivity contribution < 1.29 is 58.9 Å². The summed E-state index contributed by atoms with van der Waals surface area (Å²) in [5.41, 5.74) is 0. The van der Waals surface area contributed by atoms with Gasteiger partial charge >= 0.3 is 70.4 Å². The highest BCUT2D eigenvalue weighted by atomic mass is 35.5. The standard InChI is InChI=1S/C14H39ClO14Si8/c1-16-30(5)20-31(6,17-2)23-35(10)25-34(9,22-30)26-36(11)24-32(7,18-3)21-33(8,19-4)27-37(28-35,29-36)14-12-13-15/h12-14H2,1-11H3. The molecule has 0 aromatic carbocycles. The van der Waals surface area contributed by atoms with Gasteiger partial charge in [-0.3, -0.25) is 0 Å². The van der Waals surface area contributed by atoms with Crippen molar-refractivity contribution in [3.63, 3.8) is 0 Å². The molecule has 0 saturated carbocycles. The molecule has 8 unspecified atom stereocenters. The van der Waals surface area contributed by atoms with Crippen LogP contribution in [0.25, 0.3) is 0 Å². The number of fused-ring (bicyclic) bond motifs is 4. The molecule has 3 rings (SSSR count). The van der Waals surface area contributed by atoms with Gasteiger partial charge in [-0.1, -0.05) is 0 Å². The summed E-state index contributed by atoms with van der Waals surface area (Å²) in [6, 6.07) is 0.303. The van der Waals surface area contributed by atoms with Gasteiger partial charge in [0.1, 0.15) is 0 Å². The Balaban J connectivity index is 2.21. The zero-order chi connectivity index (χ0) is 28.0. The second kappa shape index (κ2) is 11.3. The molecule has 3 fully saturated rings. The first-order valence-electron chi connectivity index (χ1n) is 11.7. The van der Waals surface area contributed by atoms with E-state index in [0.29, 0.717) is 18.3 Å². The molecule has 37 heavy (non-hydrogen) atoms. The summed E-state index contributed by atoms with van der Waals surface area (Å²) in [7, 11) is -22.6. The summed E-state index contributed by atoms with van der Waals surface area (Å²) in [5, 5.41) is 0. The average Bonchev–Trinajstić information content (AvgIpc) is 2.73. The Morgan fingerprint density at radius 2 is 0.784 bits per heavy atom. The smallest absolute Gasteiger partial charge is 0.378 e. The van der Waals surface area contributed by atoms with Gasteiger partial charge in [0.15, 0.2) is 0 Å². The molecular formula is C14H39ClO14Si8. The minimum absolute atomic E-state index is 0.303. The third-order valence-electron chi connectivity index (χ3n) is 5.72. The molecule has 23 heteroatoms. The molecule has 3 aliphatic rings. The van der Waals surface area contributed by atoms with Gasteiger partial charge in [0.2, 0.25) is 0 Å². The predicted octanol–water partition coefficient (Wildman–Crippen LogP) is 2.33. The van der Waals surface area contributed by atoms with Gasteiger partial charge in [0.05, 0.1) is 0 Å². The molecule has 0 N–H and O–H groups in total. The van der Waals surface area contributed by atoms with E-state index in [1.807, 2.05) is 0 Å². The molecule has 8 atom stereocenters. The van der Waals surface area contributed by atoms with E-state index in [0.717, 1.165) is 0 Å². The molecule has 0 aromatic rings. The maximum Gasteiger partial charge on any atom is 0.482 e. The SMILES string of the molecule is CO[Si]1(C)O[Si](C)(OC)O[Si]2(C)O[Si](C)(O1)O[Si]1(C)O[Si](C)(OC)O[Si](C)(OC)O[Si](CCCCl)(O2)O1. The van der Waals surface area contributed by atoms with E-state index in [9.17, 15) is 0 Å². The summed E-state index contributed by atoms with van der Waals surface area (Å²) in [6.07, 6.45) is 0.505. The maximum absolute atomic E-state index is 6.77. The molecule has 0 aromatic heterocycles. The van der Waals surface area contributed by atoms with Crippen molar-refractivity contribution in [3.05, 3.63) is 0 Å². The van der Waals surface area contributed by atoms with E-state index < -0.39 is 70.4 Å². The quantitative estimate of drug-likeness (QED) is 0.286. The Morgan fingerprint density at radius 1 is 0.459 bits per heavy atom. The van der Waals surface area contributed by atoms with Gasteiger partial charge in [-0.25, -0.2) is 0 Å².